The number of fused-ring (bicyclic) bond motifs is 1. The summed E-state index contributed by atoms with van der Waals surface area (Å²) in [6, 6.07) is 11.8. The lowest BCUT2D eigenvalue weighted by atomic mass is 10.3. The van der Waals surface area contributed by atoms with Crippen molar-refractivity contribution in [3.63, 3.8) is 0 Å². The standard InChI is InChI=1S/C15H14INO4S/c16-11-2-4-12(5-3-11)17-22(18,19)13-6-7-14-15(10-13)21-9-1-8-20-14/h2-7,10,17H,1,8-9H2. The van der Waals surface area contributed by atoms with E-state index < -0.39 is 10.0 Å². The molecule has 2 aromatic carbocycles. The molecular weight excluding hydrogens is 417 g/mol. The van der Waals surface area contributed by atoms with Crippen LogP contribution in [-0.2, 0) is 10.0 Å². The van der Waals surface area contributed by atoms with Crippen molar-refractivity contribution < 1.29 is 17.9 Å². The summed E-state index contributed by atoms with van der Waals surface area (Å²) in [6.45, 7) is 1.08. The largest absolute Gasteiger partial charge is 0.490 e. The molecule has 0 radical (unpaired) electrons. The fourth-order valence-corrected chi connectivity index (χ4v) is 3.48. The van der Waals surface area contributed by atoms with Crippen LogP contribution in [0.5, 0.6) is 11.5 Å². The molecule has 1 aliphatic heterocycles. The van der Waals surface area contributed by atoms with Gasteiger partial charge in [0.25, 0.3) is 10.0 Å². The first-order valence-electron chi connectivity index (χ1n) is 6.73. The molecule has 0 unspecified atom stereocenters. The number of hydrogen-bond donors (Lipinski definition) is 1. The molecule has 116 valence electrons. The number of benzene rings is 2. The quantitative estimate of drug-likeness (QED) is 0.759. The van der Waals surface area contributed by atoms with Crippen LogP contribution >= 0.6 is 22.6 Å². The molecule has 1 aliphatic rings. The third kappa shape index (κ3) is 3.46. The van der Waals surface area contributed by atoms with Crippen LogP contribution in [0.2, 0.25) is 0 Å². The number of sulfonamides is 1. The van der Waals surface area contributed by atoms with E-state index in [0.717, 1.165) is 9.99 Å². The lowest BCUT2D eigenvalue weighted by Gasteiger charge is -2.11. The first-order chi connectivity index (χ1) is 10.5. The molecule has 0 atom stereocenters. The minimum absolute atomic E-state index is 0.148. The highest BCUT2D eigenvalue weighted by Gasteiger charge is 2.18. The van der Waals surface area contributed by atoms with Crippen LogP contribution in [0.4, 0.5) is 5.69 Å². The van der Waals surface area contributed by atoms with Gasteiger partial charge in [0.1, 0.15) is 0 Å². The average molecular weight is 431 g/mol. The molecule has 2 aromatic rings. The van der Waals surface area contributed by atoms with Crippen LogP contribution in [0.3, 0.4) is 0 Å². The molecule has 0 bridgehead atoms. The van der Waals surface area contributed by atoms with E-state index in [9.17, 15) is 8.42 Å². The molecule has 0 aromatic heterocycles. The molecule has 1 N–H and O–H groups in total. The van der Waals surface area contributed by atoms with Gasteiger partial charge in [-0.25, -0.2) is 8.42 Å². The molecule has 7 heteroatoms. The minimum Gasteiger partial charge on any atom is -0.490 e. The predicted octanol–water partition coefficient (Wildman–Crippen LogP) is 3.25. The highest BCUT2D eigenvalue weighted by atomic mass is 127. The smallest absolute Gasteiger partial charge is 0.262 e. The van der Waals surface area contributed by atoms with Gasteiger partial charge in [0.15, 0.2) is 11.5 Å². The average Bonchev–Trinajstić information content (AvgIpc) is 2.74. The van der Waals surface area contributed by atoms with Gasteiger partial charge in [0.05, 0.1) is 18.1 Å². The number of anilines is 1. The monoisotopic (exact) mass is 431 g/mol. The van der Waals surface area contributed by atoms with Gasteiger partial charge in [0, 0.05) is 21.7 Å². The van der Waals surface area contributed by atoms with Crippen molar-refractivity contribution in [1.82, 2.24) is 0 Å². The van der Waals surface area contributed by atoms with Gasteiger partial charge in [-0.05, 0) is 59.0 Å². The molecule has 0 saturated heterocycles. The van der Waals surface area contributed by atoms with E-state index in [1.165, 1.54) is 12.1 Å². The van der Waals surface area contributed by atoms with Gasteiger partial charge in [-0.1, -0.05) is 0 Å². The van der Waals surface area contributed by atoms with Gasteiger partial charge in [-0.2, -0.15) is 0 Å². The van der Waals surface area contributed by atoms with Crippen molar-refractivity contribution in [3.8, 4) is 11.5 Å². The lowest BCUT2D eigenvalue weighted by Crippen LogP contribution is -2.13. The van der Waals surface area contributed by atoms with Crippen molar-refractivity contribution in [2.24, 2.45) is 0 Å². The van der Waals surface area contributed by atoms with Gasteiger partial charge >= 0.3 is 0 Å². The summed E-state index contributed by atoms with van der Waals surface area (Å²) in [5.74, 6) is 1.04. The zero-order valence-corrected chi connectivity index (χ0v) is 14.6. The summed E-state index contributed by atoms with van der Waals surface area (Å²) >= 11 is 2.16. The van der Waals surface area contributed by atoms with Crippen molar-refractivity contribution >= 4 is 38.3 Å². The van der Waals surface area contributed by atoms with Crippen LogP contribution in [0.1, 0.15) is 6.42 Å². The molecule has 0 fully saturated rings. The summed E-state index contributed by atoms with van der Waals surface area (Å²) in [4.78, 5) is 0.148. The van der Waals surface area contributed by atoms with E-state index in [1.54, 1.807) is 18.2 Å². The molecule has 0 aliphatic carbocycles. The summed E-state index contributed by atoms with van der Waals surface area (Å²) in [5, 5.41) is 0. The zero-order chi connectivity index (χ0) is 15.6. The van der Waals surface area contributed by atoms with E-state index in [2.05, 4.69) is 27.3 Å². The number of hydrogen-bond acceptors (Lipinski definition) is 4. The maximum absolute atomic E-state index is 12.4. The Bertz CT molecular complexity index is 775. The molecule has 1 heterocycles. The Morgan fingerprint density at radius 1 is 0.955 bits per heavy atom. The van der Waals surface area contributed by atoms with Crippen LogP contribution in [0, 0.1) is 3.57 Å². The highest BCUT2D eigenvalue weighted by Crippen LogP contribution is 2.32. The number of ether oxygens (including phenoxy) is 2. The molecule has 22 heavy (non-hydrogen) atoms. The Balaban J connectivity index is 1.88. The Morgan fingerprint density at radius 3 is 2.36 bits per heavy atom. The molecular formula is C15H14INO4S. The van der Waals surface area contributed by atoms with E-state index in [4.69, 9.17) is 9.47 Å². The van der Waals surface area contributed by atoms with Crippen LogP contribution in [0.25, 0.3) is 0 Å². The molecule has 0 amide bonds. The van der Waals surface area contributed by atoms with Gasteiger partial charge in [-0.3, -0.25) is 4.72 Å². The van der Waals surface area contributed by atoms with Crippen LogP contribution in [-0.4, -0.2) is 21.6 Å². The molecule has 3 rings (SSSR count). The maximum atomic E-state index is 12.4. The van der Waals surface area contributed by atoms with E-state index >= 15 is 0 Å². The van der Waals surface area contributed by atoms with Crippen molar-refractivity contribution in [2.45, 2.75) is 11.3 Å². The summed E-state index contributed by atoms with van der Waals surface area (Å²) in [7, 11) is -3.66. The Morgan fingerprint density at radius 2 is 1.64 bits per heavy atom. The molecule has 0 saturated carbocycles. The van der Waals surface area contributed by atoms with Crippen molar-refractivity contribution in [1.29, 1.82) is 0 Å². The van der Waals surface area contributed by atoms with Gasteiger partial charge in [0.2, 0.25) is 0 Å². The zero-order valence-electron chi connectivity index (χ0n) is 11.6. The van der Waals surface area contributed by atoms with Crippen LogP contribution in [0.15, 0.2) is 47.4 Å². The number of halogens is 1. The van der Waals surface area contributed by atoms with Crippen molar-refractivity contribution in [3.05, 3.63) is 46.0 Å². The SMILES string of the molecule is O=S(=O)(Nc1ccc(I)cc1)c1ccc2c(c1)OCCCO2. The Hall–Kier alpha value is -1.48. The van der Waals surface area contributed by atoms with Gasteiger partial charge in [-0.15, -0.1) is 0 Å². The Labute approximate surface area is 142 Å². The summed E-state index contributed by atoms with van der Waals surface area (Å²) in [5.41, 5.74) is 0.521. The third-order valence-electron chi connectivity index (χ3n) is 3.13. The van der Waals surface area contributed by atoms with E-state index in [-0.39, 0.29) is 4.90 Å². The second-order valence-electron chi connectivity index (χ2n) is 4.77. The van der Waals surface area contributed by atoms with Crippen LogP contribution < -0.4 is 14.2 Å². The number of nitrogens with one attached hydrogen (secondary N) is 1. The number of rotatable bonds is 3. The minimum atomic E-state index is -3.66. The second kappa shape index (κ2) is 6.33. The highest BCUT2D eigenvalue weighted by molar-refractivity contribution is 14.1. The first-order valence-corrected chi connectivity index (χ1v) is 9.29. The third-order valence-corrected chi connectivity index (χ3v) is 5.22. The molecule has 0 spiro atoms. The topological polar surface area (TPSA) is 64.6 Å². The summed E-state index contributed by atoms with van der Waals surface area (Å²) in [6.07, 6.45) is 0.775. The molecule has 5 nitrogen and oxygen atoms in total. The summed E-state index contributed by atoms with van der Waals surface area (Å²) < 4.78 is 39.5. The van der Waals surface area contributed by atoms with E-state index in [1.807, 2.05) is 12.1 Å². The van der Waals surface area contributed by atoms with E-state index in [0.29, 0.717) is 30.4 Å². The first kappa shape index (κ1) is 15.4. The fraction of sp³-hybridized carbons (Fsp3) is 0.200. The Kier molecular flexibility index (Phi) is 4.44. The fourth-order valence-electron chi connectivity index (χ4n) is 2.04. The normalized spacial score (nSPS) is 14.2. The predicted molar refractivity (Wildman–Crippen MR) is 92.0 cm³/mol. The maximum Gasteiger partial charge on any atom is 0.262 e. The van der Waals surface area contributed by atoms with Gasteiger partial charge < -0.3 is 9.47 Å². The van der Waals surface area contributed by atoms with Crippen molar-refractivity contribution in [2.75, 3.05) is 17.9 Å². The lowest BCUT2D eigenvalue weighted by molar-refractivity contribution is 0.297. The second-order valence-corrected chi connectivity index (χ2v) is 7.70.